The van der Waals surface area contributed by atoms with Crippen LogP contribution in [0.1, 0.15) is 5.56 Å². The molecular weight excluding hydrogens is 345 g/mol. The summed E-state index contributed by atoms with van der Waals surface area (Å²) in [4.78, 5) is 25.5. The Morgan fingerprint density at radius 1 is 1.28 bits per heavy atom. The number of rotatable bonds is 2. The van der Waals surface area contributed by atoms with E-state index >= 15 is 0 Å². The fraction of sp³-hybridized carbons (Fsp3) is 0.167. The number of hydrogen-bond donors (Lipinski definition) is 2. The van der Waals surface area contributed by atoms with Gasteiger partial charge in [0.1, 0.15) is 5.82 Å². The van der Waals surface area contributed by atoms with Crippen molar-refractivity contribution in [3.63, 3.8) is 0 Å². The highest BCUT2D eigenvalue weighted by molar-refractivity contribution is 14.1. The van der Waals surface area contributed by atoms with Crippen LogP contribution in [0.15, 0.2) is 33.9 Å². The zero-order valence-electron chi connectivity index (χ0n) is 9.95. The first-order valence-corrected chi connectivity index (χ1v) is 6.39. The van der Waals surface area contributed by atoms with Crippen LogP contribution in [-0.2, 0) is 7.05 Å². The summed E-state index contributed by atoms with van der Waals surface area (Å²) >= 11 is 2.23. The molecule has 0 atom stereocenters. The van der Waals surface area contributed by atoms with Crippen molar-refractivity contribution < 1.29 is 0 Å². The minimum Gasteiger partial charge on any atom is -0.342 e. The Bertz CT molecular complexity index is 672. The summed E-state index contributed by atoms with van der Waals surface area (Å²) in [6.45, 7) is 2.02. The van der Waals surface area contributed by atoms with E-state index in [1.807, 2.05) is 25.1 Å². The third kappa shape index (κ3) is 2.63. The number of aryl methyl sites for hydroxylation is 1. The Labute approximate surface area is 117 Å². The van der Waals surface area contributed by atoms with Crippen molar-refractivity contribution in [3.05, 3.63) is 54.2 Å². The van der Waals surface area contributed by atoms with Crippen LogP contribution in [0.25, 0.3) is 0 Å². The second kappa shape index (κ2) is 4.97. The van der Waals surface area contributed by atoms with Gasteiger partial charge in [0, 0.05) is 22.4 Å². The number of anilines is 2. The quantitative estimate of drug-likeness (QED) is 0.805. The minimum atomic E-state index is -0.438. The molecule has 0 radical (unpaired) electrons. The Morgan fingerprint density at radius 3 is 2.61 bits per heavy atom. The van der Waals surface area contributed by atoms with Crippen LogP contribution in [0.4, 0.5) is 11.5 Å². The summed E-state index contributed by atoms with van der Waals surface area (Å²) in [5.41, 5.74) is 1.22. The monoisotopic (exact) mass is 357 g/mol. The molecule has 0 saturated carbocycles. The molecular formula is C12H12IN3O2. The largest absolute Gasteiger partial charge is 0.342 e. The summed E-state index contributed by atoms with van der Waals surface area (Å²) in [5, 5.41) is 3.01. The van der Waals surface area contributed by atoms with Crippen molar-refractivity contribution >= 4 is 34.1 Å². The second-order valence-electron chi connectivity index (χ2n) is 3.97. The van der Waals surface area contributed by atoms with Crippen LogP contribution in [0.3, 0.4) is 0 Å². The van der Waals surface area contributed by atoms with E-state index in [0.717, 1.165) is 13.8 Å². The molecule has 0 unspecified atom stereocenters. The van der Waals surface area contributed by atoms with Crippen LogP contribution in [-0.4, -0.2) is 9.55 Å². The van der Waals surface area contributed by atoms with E-state index in [0.29, 0.717) is 5.82 Å². The van der Waals surface area contributed by atoms with Crippen LogP contribution >= 0.6 is 22.6 Å². The van der Waals surface area contributed by atoms with Crippen molar-refractivity contribution in [2.75, 3.05) is 5.32 Å². The Morgan fingerprint density at radius 2 is 2.00 bits per heavy atom. The van der Waals surface area contributed by atoms with E-state index in [2.05, 4.69) is 32.9 Å². The van der Waals surface area contributed by atoms with Gasteiger partial charge in [-0.3, -0.25) is 14.3 Å². The molecule has 0 aliphatic heterocycles. The fourth-order valence-corrected chi connectivity index (χ4v) is 1.96. The lowest BCUT2D eigenvalue weighted by atomic mass is 10.2. The normalized spacial score (nSPS) is 10.4. The molecule has 18 heavy (non-hydrogen) atoms. The van der Waals surface area contributed by atoms with E-state index in [1.165, 1.54) is 18.7 Å². The molecule has 0 aliphatic carbocycles. The first kappa shape index (κ1) is 12.9. The van der Waals surface area contributed by atoms with Gasteiger partial charge in [-0.15, -0.1) is 0 Å². The number of H-pyrrole nitrogens is 1. The van der Waals surface area contributed by atoms with Gasteiger partial charge in [0.2, 0.25) is 0 Å². The molecule has 0 amide bonds. The molecule has 0 saturated heterocycles. The maximum absolute atomic E-state index is 11.5. The molecule has 1 heterocycles. The third-order valence-electron chi connectivity index (χ3n) is 2.60. The number of benzene rings is 1. The number of aromatic amines is 1. The van der Waals surface area contributed by atoms with Crippen LogP contribution in [0.2, 0.25) is 0 Å². The summed E-state index contributed by atoms with van der Waals surface area (Å²) < 4.78 is 2.13. The van der Waals surface area contributed by atoms with Gasteiger partial charge < -0.3 is 5.32 Å². The maximum atomic E-state index is 11.5. The predicted octanol–water partition coefficient (Wildman–Crippen LogP) is 1.73. The van der Waals surface area contributed by atoms with Gasteiger partial charge in [-0.25, -0.2) is 4.79 Å². The van der Waals surface area contributed by atoms with Crippen LogP contribution in [0.5, 0.6) is 0 Å². The molecule has 1 aromatic carbocycles. The summed E-state index contributed by atoms with van der Waals surface area (Å²) in [5.74, 6) is 0.391. The molecule has 6 heteroatoms. The summed E-state index contributed by atoms with van der Waals surface area (Å²) in [6.07, 6.45) is 0. The lowest BCUT2D eigenvalue weighted by Crippen LogP contribution is -2.32. The lowest BCUT2D eigenvalue weighted by molar-refractivity contribution is 0.778. The van der Waals surface area contributed by atoms with Crippen LogP contribution < -0.4 is 16.6 Å². The zero-order valence-corrected chi connectivity index (χ0v) is 12.1. The second-order valence-corrected chi connectivity index (χ2v) is 5.14. The van der Waals surface area contributed by atoms with Crippen molar-refractivity contribution in [2.24, 2.45) is 7.05 Å². The van der Waals surface area contributed by atoms with Gasteiger partial charge in [0.15, 0.2) is 0 Å². The van der Waals surface area contributed by atoms with Gasteiger partial charge in [-0.1, -0.05) is 6.07 Å². The number of nitrogens with zero attached hydrogens (tertiary/aromatic N) is 1. The molecule has 0 bridgehead atoms. The number of halogens is 1. The Kier molecular flexibility index (Phi) is 3.55. The molecule has 1 aromatic heterocycles. The summed E-state index contributed by atoms with van der Waals surface area (Å²) in [7, 11) is 1.43. The van der Waals surface area contributed by atoms with Crippen molar-refractivity contribution in [2.45, 2.75) is 6.92 Å². The highest BCUT2D eigenvalue weighted by Gasteiger charge is 2.02. The van der Waals surface area contributed by atoms with Crippen molar-refractivity contribution in [1.29, 1.82) is 0 Å². The van der Waals surface area contributed by atoms with Gasteiger partial charge >= 0.3 is 5.69 Å². The first-order valence-electron chi connectivity index (χ1n) is 5.31. The SMILES string of the molecule is Cc1ccc(Nc2cc(=O)n(C)c(=O)[nH]2)cc1I. The number of nitrogens with one attached hydrogen (secondary N) is 2. The molecule has 2 aromatic rings. The zero-order chi connectivity index (χ0) is 13.3. The average molecular weight is 357 g/mol. The Hall–Kier alpha value is -1.57. The van der Waals surface area contributed by atoms with E-state index in [4.69, 9.17) is 0 Å². The predicted molar refractivity (Wildman–Crippen MR) is 79.5 cm³/mol. The summed E-state index contributed by atoms with van der Waals surface area (Å²) in [6, 6.07) is 7.18. The molecule has 0 spiro atoms. The fourth-order valence-electron chi connectivity index (χ4n) is 1.45. The van der Waals surface area contributed by atoms with Gasteiger partial charge in [0.25, 0.3) is 5.56 Å². The highest BCUT2D eigenvalue weighted by Crippen LogP contribution is 2.19. The topological polar surface area (TPSA) is 66.9 Å². The number of aromatic nitrogens is 2. The first-order chi connectivity index (χ1) is 8.47. The van der Waals surface area contributed by atoms with E-state index < -0.39 is 5.69 Å². The molecule has 0 aliphatic rings. The van der Waals surface area contributed by atoms with Crippen LogP contribution in [0, 0.1) is 10.5 Å². The van der Waals surface area contributed by atoms with Crippen molar-refractivity contribution in [3.8, 4) is 0 Å². The molecule has 94 valence electrons. The van der Waals surface area contributed by atoms with E-state index in [1.54, 1.807) is 0 Å². The highest BCUT2D eigenvalue weighted by atomic mass is 127. The molecule has 0 fully saturated rings. The Balaban J connectivity index is 2.37. The molecule has 2 rings (SSSR count). The molecule has 2 N–H and O–H groups in total. The smallest absolute Gasteiger partial charge is 0.329 e. The van der Waals surface area contributed by atoms with Gasteiger partial charge in [-0.2, -0.15) is 0 Å². The van der Waals surface area contributed by atoms with Gasteiger partial charge in [-0.05, 0) is 47.2 Å². The average Bonchev–Trinajstić information content (AvgIpc) is 2.31. The van der Waals surface area contributed by atoms with E-state index in [9.17, 15) is 9.59 Å². The molecule has 5 nitrogen and oxygen atoms in total. The van der Waals surface area contributed by atoms with Crippen molar-refractivity contribution in [1.82, 2.24) is 9.55 Å². The lowest BCUT2D eigenvalue weighted by Gasteiger charge is -2.08. The number of hydrogen-bond acceptors (Lipinski definition) is 3. The van der Waals surface area contributed by atoms with Gasteiger partial charge in [0.05, 0.1) is 0 Å². The van der Waals surface area contributed by atoms with E-state index in [-0.39, 0.29) is 5.56 Å². The maximum Gasteiger partial charge on any atom is 0.329 e. The third-order valence-corrected chi connectivity index (χ3v) is 3.76. The minimum absolute atomic E-state index is 0.344. The standard InChI is InChI=1S/C12H12IN3O2/c1-7-3-4-8(5-9(7)13)14-10-6-11(17)16(2)12(18)15-10/h3-6,14H,1-2H3,(H,15,18).